The number of carbonyl (C=O) groups is 2. The first-order valence-electron chi connectivity index (χ1n) is 18.2. The van der Waals surface area contributed by atoms with Crippen LogP contribution in [0.5, 0.6) is 5.75 Å². The van der Waals surface area contributed by atoms with Gasteiger partial charge < -0.3 is 29.9 Å². The number of carboxylic acid groups (broad SMARTS) is 1. The monoisotopic (exact) mass is 779 g/mol. The number of ether oxygens (including phenoxy) is 1. The van der Waals surface area contributed by atoms with Gasteiger partial charge in [-0.2, -0.15) is 0 Å². The summed E-state index contributed by atoms with van der Waals surface area (Å²) in [7, 11) is 1.84. The van der Waals surface area contributed by atoms with Gasteiger partial charge in [0.15, 0.2) is 5.82 Å². The van der Waals surface area contributed by atoms with E-state index in [-0.39, 0.29) is 53.2 Å². The minimum Gasteiger partial charge on any atom is -0.484 e. The maximum atomic E-state index is 15.9. The molecule has 0 radical (unpaired) electrons. The summed E-state index contributed by atoms with van der Waals surface area (Å²) < 4.78 is 24.2. The highest BCUT2D eigenvalue weighted by Gasteiger charge is 2.36. The molecule has 4 aromatic rings. The van der Waals surface area contributed by atoms with E-state index in [1.54, 1.807) is 12.1 Å². The molecule has 3 unspecified atom stereocenters. The number of imidazole rings is 1. The van der Waals surface area contributed by atoms with E-state index in [4.69, 9.17) is 27.9 Å². The summed E-state index contributed by atoms with van der Waals surface area (Å²) in [6.07, 6.45) is 3.33. The second kappa shape index (κ2) is 15.2. The number of benzene rings is 3. The number of aromatic nitrogens is 2. The first-order chi connectivity index (χ1) is 25.8. The number of carboxylic acids is 1. The zero-order valence-electron chi connectivity index (χ0n) is 30.4. The lowest BCUT2D eigenvalue weighted by atomic mass is 9.96. The van der Waals surface area contributed by atoms with Crippen molar-refractivity contribution >= 4 is 40.8 Å². The highest BCUT2D eigenvalue weighted by Crippen LogP contribution is 2.48. The molecular formula is C40H44Cl2FN5O6. The minimum absolute atomic E-state index is 0.000440. The van der Waals surface area contributed by atoms with Crippen molar-refractivity contribution in [2.24, 2.45) is 7.05 Å². The molecule has 1 aromatic heterocycles. The Balaban J connectivity index is 1.12. The Kier molecular flexibility index (Phi) is 10.8. The molecule has 286 valence electrons. The molecular weight excluding hydrogens is 736 g/mol. The maximum absolute atomic E-state index is 15.9. The number of amides is 1. The van der Waals surface area contributed by atoms with Crippen molar-refractivity contribution in [3.05, 3.63) is 97.8 Å². The minimum atomic E-state index is -1.64. The van der Waals surface area contributed by atoms with Crippen molar-refractivity contribution in [1.29, 1.82) is 0 Å². The van der Waals surface area contributed by atoms with Crippen LogP contribution in [-0.4, -0.2) is 73.0 Å². The van der Waals surface area contributed by atoms with E-state index in [0.717, 1.165) is 59.4 Å². The van der Waals surface area contributed by atoms with Crippen LogP contribution in [0.15, 0.2) is 42.5 Å². The molecule has 2 heterocycles. The molecule has 2 aliphatic carbocycles. The fourth-order valence-corrected chi connectivity index (χ4v) is 8.06. The molecule has 1 fully saturated rings. The summed E-state index contributed by atoms with van der Waals surface area (Å²) in [5.74, 6) is -1.68. The van der Waals surface area contributed by atoms with Crippen LogP contribution >= 0.6 is 23.2 Å². The summed E-state index contributed by atoms with van der Waals surface area (Å²) in [5, 5.41) is 34.8. The number of nitrogens with one attached hydrogen (secondary N) is 2. The Morgan fingerprint density at radius 3 is 2.52 bits per heavy atom. The van der Waals surface area contributed by atoms with Crippen LogP contribution in [0.4, 0.5) is 10.1 Å². The molecule has 3 aliphatic rings. The fourth-order valence-electron chi connectivity index (χ4n) is 7.57. The number of halogens is 3. The number of hydrogen-bond donors (Lipinski definition) is 5. The Bertz CT molecular complexity index is 2120. The number of aliphatic hydroxyl groups is 2. The van der Waals surface area contributed by atoms with E-state index in [1.165, 1.54) is 6.92 Å². The summed E-state index contributed by atoms with van der Waals surface area (Å²) in [5.41, 5.74) is 5.22. The van der Waals surface area contributed by atoms with Gasteiger partial charge in [-0.3, -0.25) is 19.8 Å². The predicted octanol–water partition coefficient (Wildman–Crippen LogP) is 6.39. The lowest BCUT2D eigenvalue weighted by Crippen LogP contribution is -2.52. The van der Waals surface area contributed by atoms with Crippen LogP contribution < -0.4 is 15.4 Å². The number of fused-ring (bicyclic) bond motifs is 2. The average Bonchev–Trinajstić information content (AvgIpc) is 3.86. The smallest absolute Gasteiger partial charge is 0.326 e. The van der Waals surface area contributed by atoms with E-state index < -0.39 is 30.0 Å². The van der Waals surface area contributed by atoms with E-state index >= 15 is 4.39 Å². The van der Waals surface area contributed by atoms with Gasteiger partial charge in [0.05, 0.1) is 29.6 Å². The van der Waals surface area contributed by atoms with Crippen molar-refractivity contribution in [3.8, 4) is 16.9 Å². The van der Waals surface area contributed by atoms with Gasteiger partial charge in [0, 0.05) is 56.0 Å². The molecule has 0 saturated heterocycles. The van der Waals surface area contributed by atoms with Gasteiger partial charge in [-0.15, -0.1) is 0 Å². The van der Waals surface area contributed by atoms with Crippen molar-refractivity contribution in [2.45, 2.75) is 82.6 Å². The molecule has 3 aromatic carbocycles. The van der Waals surface area contributed by atoms with Gasteiger partial charge >= 0.3 is 5.97 Å². The number of nitrogens with zero attached hydrogens (tertiary/aromatic N) is 3. The van der Waals surface area contributed by atoms with E-state index in [1.807, 2.05) is 48.9 Å². The fraction of sp³-hybridized carbons (Fsp3) is 0.425. The number of rotatable bonds is 13. The van der Waals surface area contributed by atoms with E-state index in [9.17, 15) is 24.9 Å². The molecule has 1 amide bonds. The van der Waals surface area contributed by atoms with Crippen LogP contribution in [0.1, 0.15) is 89.4 Å². The number of carbonyl (C=O) groups excluding carboxylic acids is 1. The van der Waals surface area contributed by atoms with E-state index in [0.29, 0.717) is 35.7 Å². The molecule has 1 saturated carbocycles. The van der Waals surface area contributed by atoms with Gasteiger partial charge in [-0.25, -0.2) is 9.37 Å². The maximum Gasteiger partial charge on any atom is 0.326 e. The van der Waals surface area contributed by atoms with Crippen molar-refractivity contribution in [3.63, 3.8) is 0 Å². The Hall–Kier alpha value is -4.04. The molecule has 54 heavy (non-hydrogen) atoms. The van der Waals surface area contributed by atoms with Crippen LogP contribution in [0, 0.1) is 5.82 Å². The van der Waals surface area contributed by atoms with Gasteiger partial charge in [-0.1, -0.05) is 53.5 Å². The number of aliphatic carboxylic acids is 1. The topological polar surface area (TPSA) is 149 Å². The highest BCUT2D eigenvalue weighted by atomic mass is 35.5. The molecule has 5 N–H and O–H groups in total. The highest BCUT2D eigenvalue weighted by molar-refractivity contribution is 6.36. The van der Waals surface area contributed by atoms with E-state index in [2.05, 4.69) is 20.5 Å². The standard InChI is InChI=1S/C40H44Cl2FN5O6/c1-21(19-49)48-15-14-31-30(18-48)45-37(47(31)3)38(51)46-29-9-5-8-26(34(29)41)23-6-4-7-25-24(23)12-13-32(25)54-33-16-27(22-10-11-22)28(36(43)35(33)42)17-44-40(2,20-50)39(52)53/h4-9,16,21-22,32,44,49-50H,10-15,17-20H2,1-3H3,(H,46,51)(H,52,53). The normalized spacial score (nSPS) is 18.5. The van der Waals surface area contributed by atoms with Gasteiger partial charge in [0.2, 0.25) is 0 Å². The third-order valence-electron chi connectivity index (χ3n) is 11.2. The molecule has 0 spiro atoms. The van der Waals surface area contributed by atoms with Crippen molar-refractivity contribution in [2.75, 3.05) is 25.1 Å². The Labute approximate surface area is 323 Å². The van der Waals surface area contributed by atoms with Gasteiger partial charge in [-0.05, 0) is 79.8 Å². The quantitative estimate of drug-likeness (QED) is 0.104. The second-order valence-electron chi connectivity index (χ2n) is 14.8. The van der Waals surface area contributed by atoms with Gasteiger partial charge in [0.25, 0.3) is 5.91 Å². The van der Waals surface area contributed by atoms with Crippen LogP contribution in [0.25, 0.3) is 11.1 Å². The lowest BCUT2D eigenvalue weighted by molar-refractivity contribution is -0.145. The summed E-state index contributed by atoms with van der Waals surface area (Å²) in [6, 6.07) is 13.2. The molecule has 14 heteroatoms. The lowest BCUT2D eigenvalue weighted by Gasteiger charge is -2.30. The third kappa shape index (κ3) is 7.11. The molecule has 11 nitrogen and oxygen atoms in total. The number of hydrogen-bond acceptors (Lipinski definition) is 8. The first kappa shape index (κ1) is 38.2. The third-order valence-corrected chi connectivity index (χ3v) is 11.9. The summed E-state index contributed by atoms with van der Waals surface area (Å²) in [4.78, 5) is 32.2. The predicted molar refractivity (Wildman–Crippen MR) is 204 cm³/mol. The largest absolute Gasteiger partial charge is 0.484 e. The molecule has 1 aliphatic heterocycles. The van der Waals surface area contributed by atoms with Crippen LogP contribution in [0.2, 0.25) is 10.0 Å². The average molecular weight is 781 g/mol. The molecule has 3 atom stereocenters. The molecule has 0 bridgehead atoms. The van der Waals surface area contributed by atoms with Crippen LogP contribution in [0.3, 0.4) is 0 Å². The first-order valence-corrected chi connectivity index (χ1v) is 19.0. The molecule has 7 rings (SSSR count). The second-order valence-corrected chi connectivity index (χ2v) is 15.5. The zero-order valence-corrected chi connectivity index (χ0v) is 31.9. The number of aliphatic hydroxyl groups excluding tert-OH is 2. The van der Waals surface area contributed by atoms with Crippen molar-refractivity contribution in [1.82, 2.24) is 19.8 Å². The number of anilines is 1. The van der Waals surface area contributed by atoms with Gasteiger partial charge in [0.1, 0.15) is 28.2 Å². The summed E-state index contributed by atoms with van der Waals surface area (Å²) in [6.45, 7) is 3.91. The Morgan fingerprint density at radius 2 is 1.81 bits per heavy atom. The summed E-state index contributed by atoms with van der Waals surface area (Å²) >= 11 is 13.6. The van der Waals surface area contributed by atoms with Crippen LogP contribution in [-0.2, 0) is 37.8 Å². The Morgan fingerprint density at radius 1 is 1.07 bits per heavy atom. The SMILES string of the molecule is CC(CO)N1CCc2c(nc(C(=O)Nc3cccc(-c4cccc5c4CCC5Oc4cc(C5CC5)c(CNC(C)(CO)C(=O)O)c(F)c4Cl)c3Cl)n2C)C1. The zero-order chi connectivity index (χ0) is 38.5. The van der Waals surface area contributed by atoms with Crippen molar-refractivity contribution < 1.29 is 34.0 Å².